The summed E-state index contributed by atoms with van der Waals surface area (Å²) < 4.78 is 29.1. The second-order valence-electron chi connectivity index (χ2n) is 10.1. The van der Waals surface area contributed by atoms with Crippen LogP contribution in [0.4, 0.5) is 5.69 Å². The summed E-state index contributed by atoms with van der Waals surface area (Å²) in [6, 6.07) is 25.7. The summed E-state index contributed by atoms with van der Waals surface area (Å²) in [7, 11) is -4.23. The molecule has 1 N–H and O–H groups in total. The van der Waals surface area contributed by atoms with Gasteiger partial charge in [-0.3, -0.25) is 13.9 Å². The number of aryl methyl sites for hydroxylation is 1. The Kier molecular flexibility index (Phi) is 11.3. The first-order valence-electron chi connectivity index (χ1n) is 13.9. The SMILES string of the molecule is CCNC(=O)[C@@H](Cc1ccccc1)N(Cc1c(Cl)cccc1Cl)C(=O)CN(c1ccc(Cl)cc1)S(=O)(=O)c1ccc(C)cc1. The first-order valence-corrected chi connectivity index (χ1v) is 16.5. The van der Waals surface area contributed by atoms with Crippen LogP contribution in [0.3, 0.4) is 0 Å². The average molecular weight is 673 g/mol. The van der Waals surface area contributed by atoms with E-state index in [9.17, 15) is 18.0 Å². The smallest absolute Gasteiger partial charge is 0.264 e. The Morgan fingerprint density at radius 2 is 1.43 bits per heavy atom. The molecule has 230 valence electrons. The van der Waals surface area contributed by atoms with Crippen LogP contribution >= 0.6 is 34.8 Å². The van der Waals surface area contributed by atoms with Crippen LogP contribution in [0, 0.1) is 6.92 Å². The largest absolute Gasteiger partial charge is 0.355 e. The van der Waals surface area contributed by atoms with E-state index in [1.165, 1.54) is 29.2 Å². The van der Waals surface area contributed by atoms with Crippen molar-refractivity contribution in [1.82, 2.24) is 10.2 Å². The lowest BCUT2D eigenvalue weighted by Gasteiger charge is -2.34. The predicted molar refractivity (Wildman–Crippen MR) is 177 cm³/mol. The van der Waals surface area contributed by atoms with Gasteiger partial charge in [0.1, 0.15) is 12.6 Å². The zero-order chi connectivity index (χ0) is 31.9. The lowest BCUT2D eigenvalue weighted by atomic mass is 10.0. The van der Waals surface area contributed by atoms with Crippen molar-refractivity contribution in [3.8, 4) is 0 Å². The number of anilines is 1. The van der Waals surface area contributed by atoms with Crippen molar-refractivity contribution in [2.75, 3.05) is 17.4 Å². The van der Waals surface area contributed by atoms with Crippen molar-refractivity contribution < 1.29 is 18.0 Å². The molecule has 4 rings (SSSR count). The molecule has 0 fully saturated rings. The number of sulfonamides is 1. The molecular weight excluding hydrogens is 641 g/mol. The summed E-state index contributed by atoms with van der Waals surface area (Å²) in [5.41, 5.74) is 2.36. The second kappa shape index (κ2) is 14.9. The summed E-state index contributed by atoms with van der Waals surface area (Å²) in [5, 5.41) is 3.85. The fourth-order valence-electron chi connectivity index (χ4n) is 4.67. The number of nitrogens with one attached hydrogen (secondary N) is 1. The summed E-state index contributed by atoms with van der Waals surface area (Å²) in [6.07, 6.45) is 0.173. The van der Waals surface area contributed by atoms with Crippen molar-refractivity contribution in [1.29, 1.82) is 0 Å². The zero-order valence-electron chi connectivity index (χ0n) is 24.2. The Balaban J connectivity index is 1.82. The number of carbonyl (C=O) groups excluding carboxylic acids is 2. The predicted octanol–water partition coefficient (Wildman–Crippen LogP) is 6.93. The molecule has 11 heteroatoms. The quantitative estimate of drug-likeness (QED) is 0.177. The molecule has 0 radical (unpaired) electrons. The zero-order valence-corrected chi connectivity index (χ0v) is 27.3. The lowest BCUT2D eigenvalue weighted by molar-refractivity contribution is -0.140. The summed E-state index contributed by atoms with van der Waals surface area (Å²) >= 11 is 19.2. The van der Waals surface area contributed by atoms with Gasteiger partial charge in [-0.05, 0) is 67.9 Å². The van der Waals surface area contributed by atoms with Gasteiger partial charge in [0.2, 0.25) is 11.8 Å². The molecule has 0 heterocycles. The lowest BCUT2D eigenvalue weighted by Crippen LogP contribution is -2.53. The van der Waals surface area contributed by atoms with Crippen LogP contribution in [0.1, 0.15) is 23.6 Å². The van der Waals surface area contributed by atoms with Crippen LogP contribution in [0.25, 0.3) is 0 Å². The third kappa shape index (κ3) is 8.12. The third-order valence-corrected chi connectivity index (χ3v) is 9.76. The number of carbonyl (C=O) groups is 2. The normalized spacial score (nSPS) is 11.9. The molecule has 0 bridgehead atoms. The van der Waals surface area contributed by atoms with E-state index in [1.54, 1.807) is 49.4 Å². The van der Waals surface area contributed by atoms with Crippen molar-refractivity contribution in [2.45, 2.75) is 37.8 Å². The van der Waals surface area contributed by atoms with Crippen LogP contribution in [0.5, 0.6) is 0 Å². The van der Waals surface area contributed by atoms with E-state index in [4.69, 9.17) is 34.8 Å². The molecule has 0 aromatic heterocycles. The molecule has 0 saturated heterocycles. The fraction of sp³-hybridized carbons (Fsp3) is 0.212. The van der Waals surface area contributed by atoms with Gasteiger partial charge in [0, 0.05) is 40.1 Å². The Labute approximate surface area is 273 Å². The van der Waals surface area contributed by atoms with Crippen molar-refractivity contribution >= 4 is 62.3 Å². The highest BCUT2D eigenvalue weighted by Crippen LogP contribution is 2.29. The van der Waals surface area contributed by atoms with E-state index in [0.717, 1.165) is 15.4 Å². The number of amides is 2. The summed E-state index contributed by atoms with van der Waals surface area (Å²) in [4.78, 5) is 29.4. The standard InChI is InChI=1S/C33H32Cl3N3O4S/c1-3-37-33(41)31(20-24-8-5-4-6-9-24)38(21-28-29(35)10-7-11-30(28)36)32(40)22-39(26-16-14-25(34)15-17-26)44(42,43)27-18-12-23(2)13-19-27/h4-19,31H,3,20-22H2,1-2H3,(H,37,41)/t31-/m1/s1. The van der Waals surface area contributed by atoms with Gasteiger partial charge >= 0.3 is 0 Å². The summed E-state index contributed by atoms with van der Waals surface area (Å²) in [5.74, 6) is -1.02. The van der Waals surface area contributed by atoms with Gasteiger partial charge in [0.05, 0.1) is 10.6 Å². The molecular formula is C33H32Cl3N3O4S. The maximum absolute atomic E-state index is 14.4. The van der Waals surface area contributed by atoms with Crippen LogP contribution in [-0.2, 0) is 32.6 Å². The second-order valence-corrected chi connectivity index (χ2v) is 13.2. The van der Waals surface area contributed by atoms with Gasteiger partial charge in [-0.25, -0.2) is 8.42 Å². The van der Waals surface area contributed by atoms with Crippen molar-refractivity contribution in [3.63, 3.8) is 0 Å². The van der Waals surface area contributed by atoms with E-state index in [1.807, 2.05) is 37.3 Å². The van der Waals surface area contributed by atoms with Crippen LogP contribution in [-0.4, -0.2) is 44.3 Å². The molecule has 0 aliphatic heterocycles. The van der Waals surface area contributed by atoms with Crippen LogP contribution in [0.15, 0.2) is 102 Å². The molecule has 0 spiro atoms. The Hall–Kier alpha value is -3.56. The van der Waals surface area contributed by atoms with Gasteiger partial charge < -0.3 is 10.2 Å². The van der Waals surface area contributed by atoms with Gasteiger partial charge in [-0.15, -0.1) is 0 Å². The number of likely N-dealkylation sites (N-methyl/N-ethyl adjacent to an activating group) is 1. The van der Waals surface area contributed by atoms with Crippen molar-refractivity contribution in [2.24, 2.45) is 0 Å². The first kappa shape index (κ1) is 33.3. The fourth-order valence-corrected chi connectivity index (χ4v) is 6.73. The molecule has 4 aromatic rings. The van der Waals surface area contributed by atoms with Crippen LogP contribution < -0.4 is 9.62 Å². The van der Waals surface area contributed by atoms with E-state index >= 15 is 0 Å². The highest BCUT2D eigenvalue weighted by atomic mass is 35.5. The highest BCUT2D eigenvalue weighted by Gasteiger charge is 2.35. The average Bonchev–Trinajstić information content (AvgIpc) is 3.00. The summed E-state index contributed by atoms with van der Waals surface area (Å²) in [6.45, 7) is 3.22. The maximum atomic E-state index is 14.4. The third-order valence-electron chi connectivity index (χ3n) is 7.01. The Morgan fingerprint density at radius 3 is 2.02 bits per heavy atom. The molecule has 2 amide bonds. The van der Waals surface area contributed by atoms with E-state index < -0.39 is 34.4 Å². The minimum absolute atomic E-state index is 0.0103. The van der Waals surface area contributed by atoms with Crippen LogP contribution in [0.2, 0.25) is 15.1 Å². The Bertz CT molecular complexity index is 1680. The molecule has 0 unspecified atom stereocenters. The number of hydrogen-bond donors (Lipinski definition) is 1. The van der Waals surface area contributed by atoms with E-state index in [-0.39, 0.29) is 23.5 Å². The topological polar surface area (TPSA) is 86.8 Å². The van der Waals surface area contributed by atoms with Gasteiger partial charge in [-0.1, -0.05) is 88.9 Å². The number of rotatable bonds is 12. The molecule has 0 aliphatic carbocycles. The van der Waals surface area contributed by atoms with Gasteiger partial charge in [0.25, 0.3) is 10.0 Å². The number of benzene rings is 4. The number of halogens is 3. The molecule has 7 nitrogen and oxygen atoms in total. The molecule has 1 atom stereocenters. The van der Waals surface area contributed by atoms with Gasteiger partial charge in [0.15, 0.2) is 0 Å². The highest BCUT2D eigenvalue weighted by molar-refractivity contribution is 7.92. The van der Waals surface area contributed by atoms with E-state index in [0.29, 0.717) is 27.2 Å². The maximum Gasteiger partial charge on any atom is 0.264 e. The minimum Gasteiger partial charge on any atom is -0.355 e. The molecule has 44 heavy (non-hydrogen) atoms. The molecule has 0 saturated carbocycles. The van der Waals surface area contributed by atoms with Crippen molar-refractivity contribution in [3.05, 3.63) is 129 Å². The number of hydrogen-bond acceptors (Lipinski definition) is 4. The first-order chi connectivity index (χ1) is 21.0. The van der Waals surface area contributed by atoms with Gasteiger partial charge in [-0.2, -0.15) is 0 Å². The minimum atomic E-state index is -4.23. The molecule has 0 aliphatic rings. The monoisotopic (exact) mass is 671 g/mol. The Morgan fingerprint density at radius 1 is 0.818 bits per heavy atom. The number of nitrogens with zero attached hydrogens (tertiary/aromatic N) is 2. The van der Waals surface area contributed by atoms with E-state index in [2.05, 4.69) is 5.32 Å². The molecule has 4 aromatic carbocycles.